The molecule has 1 aromatic carbocycles. The molecule has 0 bridgehead atoms. The van der Waals surface area contributed by atoms with Crippen molar-refractivity contribution < 1.29 is 14.3 Å². The minimum atomic E-state index is -0.172. The largest absolute Gasteiger partial charge is 0.497 e. The van der Waals surface area contributed by atoms with E-state index < -0.39 is 0 Å². The Morgan fingerprint density at radius 1 is 1.22 bits per heavy atom. The monoisotopic (exact) mass is 385 g/mol. The number of rotatable bonds is 7. The van der Waals surface area contributed by atoms with Crippen LogP contribution in [0.5, 0.6) is 11.5 Å². The normalized spacial score (nSPS) is 10.5. The van der Waals surface area contributed by atoms with E-state index in [9.17, 15) is 4.79 Å². The fourth-order valence-electron chi connectivity index (χ4n) is 2.41. The molecule has 0 unspecified atom stereocenters. The predicted molar refractivity (Wildman–Crippen MR) is 103 cm³/mol. The fourth-order valence-corrected chi connectivity index (χ4v) is 3.12. The molecule has 0 spiro atoms. The van der Waals surface area contributed by atoms with Crippen LogP contribution in [0.4, 0.5) is 5.69 Å². The minimum absolute atomic E-state index is 0.172. The van der Waals surface area contributed by atoms with Crippen molar-refractivity contribution in [1.29, 1.82) is 0 Å². The molecule has 3 aromatic rings. The van der Waals surface area contributed by atoms with Crippen LogP contribution in [0, 0.1) is 0 Å². The van der Waals surface area contributed by atoms with Crippen molar-refractivity contribution in [3.05, 3.63) is 42.7 Å². The van der Waals surface area contributed by atoms with Crippen LogP contribution in [-0.2, 0) is 11.8 Å². The molecule has 0 aliphatic rings. The number of hydrogen-bond donors (Lipinski definition) is 1. The van der Waals surface area contributed by atoms with Gasteiger partial charge in [0.15, 0.2) is 11.0 Å². The zero-order chi connectivity index (χ0) is 19.2. The third-order valence-electron chi connectivity index (χ3n) is 3.77. The number of aromatic nitrogens is 4. The number of ether oxygens (including phenoxy) is 2. The average molecular weight is 385 g/mol. The number of nitrogens with one attached hydrogen (secondary N) is 1. The Hall–Kier alpha value is -3.07. The maximum absolute atomic E-state index is 12.3. The molecule has 8 nitrogen and oxygen atoms in total. The zero-order valence-electron chi connectivity index (χ0n) is 15.2. The van der Waals surface area contributed by atoms with Crippen LogP contribution in [0.2, 0.25) is 0 Å². The van der Waals surface area contributed by atoms with Gasteiger partial charge >= 0.3 is 0 Å². The second-order valence-corrected chi connectivity index (χ2v) is 6.45. The molecule has 0 atom stereocenters. The van der Waals surface area contributed by atoms with Gasteiger partial charge in [0.2, 0.25) is 5.91 Å². The summed E-state index contributed by atoms with van der Waals surface area (Å²) in [6.07, 6.45) is 3.43. The summed E-state index contributed by atoms with van der Waals surface area (Å²) < 4.78 is 12.3. The van der Waals surface area contributed by atoms with Crippen LogP contribution < -0.4 is 14.8 Å². The summed E-state index contributed by atoms with van der Waals surface area (Å²) in [5.74, 6) is 1.90. The number of benzene rings is 1. The highest BCUT2D eigenvalue weighted by molar-refractivity contribution is 7.99. The molecule has 1 amide bonds. The van der Waals surface area contributed by atoms with E-state index in [0.29, 0.717) is 28.2 Å². The standard InChI is InChI=1S/C18H19N5O3S/c1-23-17(12-5-4-8-19-10-12)21-22-18(23)27-11-16(24)20-14-7-6-13(25-2)9-15(14)26-3/h4-10H,11H2,1-3H3,(H,20,24). The lowest BCUT2D eigenvalue weighted by molar-refractivity contribution is -0.113. The molecule has 2 heterocycles. The van der Waals surface area contributed by atoms with Crippen molar-refractivity contribution in [3.63, 3.8) is 0 Å². The van der Waals surface area contributed by atoms with Crippen LogP contribution in [0.1, 0.15) is 0 Å². The van der Waals surface area contributed by atoms with Crippen molar-refractivity contribution in [1.82, 2.24) is 19.7 Å². The van der Waals surface area contributed by atoms with Crippen LogP contribution in [0.15, 0.2) is 47.9 Å². The van der Waals surface area contributed by atoms with Gasteiger partial charge in [-0.15, -0.1) is 10.2 Å². The molecule has 0 aliphatic heterocycles. The first kappa shape index (κ1) is 18.7. The molecule has 0 saturated carbocycles. The number of hydrogen-bond acceptors (Lipinski definition) is 7. The van der Waals surface area contributed by atoms with E-state index in [1.165, 1.54) is 11.8 Å². The van der Waals surface area contributed by atoms with Crippen LogP contribution in [-0.4, -0.2) is 45.6 Å². The van der Waals surface area contributed by atoms with Crippen LogP contribution in [0.25, 0.3) is 11.4 Å². The number of nitrogens with zero attached hydrogens (tertiary/aromatic N) is 4. The summed E-state index contributed by atoms with van der Waals surface area (Å²) in [5, 5.41) is 11.8. The minimum Gasteiger partial charge on any atom is -0.497 e. The highest BCUT2D eigenvalue weighted by Gasteiger charge is 2.14. The highest BCUT2D eigenvalue weighted by atomic mass is 32.2. The number of methoxy groups -OCH3 is 2. The molecular weight excluding hydrogens is 366 g/mol. The van der Waals surface area contributed by atoms with E-state index in [1.54, 1.807) is 44.8 Å². The van der Waals surface area contributed by atoms with E-state index >= 15 is 0 Å². The van der Waals surface area contributed by atoms with E-state index in [-0.39, 0.29) is 11.7 Å². The van der Waals surface area contributed by atoms with Gasteiger partial charge in [0, 0.05) is 31.1 Å². The lowest BCUT2D eigenvalue weighted by Gasteiger charge is -2.11. The maximum Gasteiger partial charge on any atom is 0.234 e. The van der Waals surface area contributed by atoms with E-state index in [1.807, 2.05) is 23.7 Å². The molecule has 0 aliphatic carbocycles. The zero-order valence-corrected chi connectivity index (χ0v) is 16.0. The second kappa shape index (κ2) is 8.54. The molecule has 0 radical (unpaired) electrons. The summed E-state index contributed by atoms with van der Waals surface area (Å²) in [6.45, 7) is 0. The first-order valence-electron chi connectivity index (χ1n) is 8.07. The SMILES string of the molecule is COc1ccc(NC(=O)CSc2nnc(-c3cccnc3)n2C)c(OC)c1. The molecular formula is C18H19N5O3S. The Morgan fingerprint density at radius 2 is 2.07 bits per heavy atom. The Morgan fingerprint density at radius 3 is 2.78 bits per heavy atom. The second-order valence-electron chi connectivity index (χ2n) is 5.51. The Balaban J connectivity index is 1.64. The van der Waals surface area contributed by atoms with Gasteiger partial charge in [0.25, 0.3) is 0 Å². The summed E-state index contributed by atoms with van der Waals surface area (Å²) in [6, 6.07) is 8.96. The lowest BCUT2D eigenvalue weighted by Crippen LogP contribution is -2.15. The molecule has 1 N–H and O–H groups in total. The number of pyridine rings is 1. The van der Waals surface area contributed by atoms with Gasteiger partial charge in [-0.2, -0.15) is 0 Å². The topological polar surface area (TPSA) is 91.2 Å². The van der Waals surface area contributed by atoms with E-state index in [2.05, 4.69) is 20.5 Å². The number of thioether (sulfide) groups is 1. The number of anilines is 1. The number of carbonyl (C=O) groups is 1. The maximum atomic E-state index is 12.3. The first-order valence-corrected chi connectivity index (χ1v) is 9.05. The lowest BCUT2D eigenvalue weighted by atomic mass is 10.2. The molecule has 3 rings (SSSR count). The first-order chi connectivity index (χ1) is 13.1. The van der Waals surface area contributed by atoms with Gasteiger partial charge in [-0.1, -0.05) is 11.8 Å². The molecule has 0 fully saturated rings. The van der Waals surface area contributed by atoms with Crippen LogP contribution in [0.3, 0.4) is 0 Å². The van der Waals surface area contributed by atoms with Gasteiger partial charge < -0.3 is 19.4 Å². The predicted octanol–water partition coefficient (Wildman–Crippen LogP) is 2.63. The third kappa shape index (κ3) is 4.37. The average Bonchev–Trinajstić information content (AvgIpc) is 3.07. The Labute approximate surface area is 160 Å². The third-order valence-corrected chi connectivity index (χ3v) is 4.79. The van der Waals surface area contributed by atoms with Gasteiger partial charge in [0.1, 0.15) is 11.5 Å². The number of amides is 1. The van der Waals surface area contributed by atoms with Gasteiger partial charge in [-0.3, -0.25) is 9.78 Å². The molecule has 0 saturated heterocycles. The summed E-state index contributed by atoms with van der Waals surface area (Å²) in [7, 11) is 4.97. The molecule has 27 heavy (non-hydrogen) atoms. The van der Waals surface area contributed by atoms with Crippen LogP contribution >= 0.6 is 11.8 Å². The smallest absolute Gasteiger partial charge is 0.234 e. The quantitative estimate of drug-likeness (QED) is 0.625. The van der Waals surface area contributed by atoms with Gasteiger partial charge in [-0.05, 0) is 24.3 Å². The van der Waals surface area contributed by atoms with Crippen molar-refractivity contribution in [3.8, 4) is 22.9 Å². The molecule has 140 valence electrons. The van der Waals surface area contributed by atoms with Crippen molar-refractivity contribution in [2.45, 2.75) is 5.16 Å². The highest BCUT2D eigenvalue weighted by Crippen LogP contribution is 2.29. The summed E-state index contributed by atoms with van der Waals surface area (Å²) in [4.78, 5) is 16.4. The van der Waals surface area contributed by atoms with Crippen molar-refractivity contribution in [2.75, 3.05) is 25.3 Å². The summed E-state index contributed by atoms with van der Waals surface area (Å²) in [5.41, 5.74) is 1.45. The van der Waals surface area contributed by atoms with Gasteiger partial charge in [0.05, 0.1) is 25.7 Å². The van der Waals surface area contributed by atoms with Crippen molar-refractivity contribution in [2.24, 2.45) is 7.05 Å². The molecule has 9 heteroatoms. The fraction of sp³-hybridized carbons (Fsp3) is 0.222. The summed E-state index contributed by atoms with van der Waals surface area (Å²) >= 11 is 1.30. The van der Waals surface area contributed by atoms with Gasteiger partial charge in [-0.25, -0.2) is 0 Å². The Bertz CT molecular complexity index is 930. The Kier molecular flexibility index (Phi) is 5.92. The van der Waals surface area contributed by atoms with E-state index in [0.717, 1.165) is 5.56 Å². The van der Waals surface area contributed by atoms with Crippen molar-refractivity contribution >= 4 is 23.4 Å². The van der Waals surface area contributed by atoms with E-state index in [4.69, 9.17) is 9.47 Å². The molecule has 2 aromatic heterocycles. The number of carbonyl (C=O) groups excluding carboxylic acids is 1.